The molecule has 0 atom stereocenters. The van der Waals surface area contributed by atoms with Crippen molar-refractivity contribution in [3.8, 4) is 11.5 Å². The Hall–Kier alpha value is -1.22. The molecule has 18 heavy (non-hydrogen) atoms. The van der Waals surface area contributed by atoms with Crippen LogP contribution in [-0.2, 0) is 0 Å². The summed E-state index contributed by atoms with van der Waals surface area (Å²) >= 11 is 0. The molecule has 0 heterocycles. The molecule has 0 unspecified atom stereocenters. The van der Waals surface area contributed by atoms with E-state index in [4.69, 9.17) is 9.47 Å². The van der Waals surface area contributed by atoms with Crippen molar-refractivity contribution in [1.29, 1.82) is 0 Å². The minimum absolute atomic E-state index is 0.729. The first kappa shape index (κ1) is 14.8. The van der Waals surface area contributed by atoms with E-state index in [9.17, 15) is 0 Å². The largest absolute Gasteiger partial charge is 0.490 e. The number of nitrogens with zero attached hydrogens (tertiary/aromatic N) is 1. The molecule has 0 N–H and O–H groups in total. The number of rotatable bonds is 9. The summed E-state index contributed by atoms with van der Waals surface area (Å²) in [6.07, 6.45) is 3.25. The van der Waals surface area contributed by atoms with Gasteiger partial charge in [0.2, 0.25) is 0 Å². The molecule has 3 heteroatoms. The van der Waals surface area contributed by atoms with Crippen LogP contribution >= 0.6 is 0 Å². The highest BCUT2D eigenvalue weighted by Gasteiger charge is 2.03. The summed E-state index contributed by atoms with van der Waals surface area (Å²) in [5.41, 5.74) is 0. The lowest BCUT2D eigenvalue weighted by Crippen LogP contribution is -2.15. The van der Waals surface area contributed by atoms with Gasteiger partial charge < -0.3 is 14.4 Å². The molecule has 0 aromatic heterocycles. The van der Waals surface area contributed by atoms with Crippen LogP contribution in [0.3, 0.4) is 0 Å². The van der Waals surface area contributed by atoms with Crippen molar-refractivity contribution < 1.29 is 9.47 Å². The Morgan fingerprint density at radius 2 is 1.50 bits per heavy atom. The van der Waals surface area contributed by atoms with Gasteiger partial charge in [0.05, 0.1) is 13.2 Å². The summed E-state index contributed by atoms with van der Waals surface area (Å²) in [7, 11) is 4.14. The predicted molar refractivity (Wildman–Crippen MR) is 75.5 cm³/mol. The van der Waals surface area contributed by atoms with Gasteiger partial charge >= 0.3 is 0 Å². The Labute approximate surface area is 111 Å². The first-order chi connectivity index (χ1) is 8.74. The average Bonchev–Trinajstić information content (AvgIpc) is 2.36. The maximum absolute atomic E-state index is 5.77. The van der Waals surface area contributed by atoms with Crippen molar-refractivity contribution in [3.05, 3.63) is 24.3 Å². The summed E-state index contributed by atoms with van der Waals surface area (Å²) in [6.45, 7) is 4.69. The van der Waals surface area contributed by atoms with E-state index in [1.807, 2.05) is 24.3 Å². The van der Waals surface area contributed by atoms with E-state index in [1.54, 1.807) is 0 Å². The maximum Gasteiger partial charge on any atom is 0.161 e. The SMILES string of the molecule is CCCCOc1ccccc1OCCCN(C)C. The Balaban J connectivity index is 2.38. The normalized spacial score (nSPS) is 10.7. The van der Waals surface area contributed by atoms with E-state index in [2.05, 4.69) is 25.9 Å². The van der Waals surface area contributed by atoms with E-state index in [0.29, 0.717) is 0 Å². The van der Waals surface area contributed by atoms with Crippen LogP contribution < -0.4 is 9.47 Å². The molecular formula is C15H25NO2. The lowest BCUT2D eigenvalue weighted by Gasteiger charge is -2.13. The molecule has 0 spiro atoms. The first-order valence-electron chi connectivity index (χ1n) is 6.73. The Bertz CT molecular complexity index is 326. The molecule has 0 fully saturated rings. The van der Waals surface area contributed by atoms with E-state index in [1.165, 1.54) is 0 Å². The van der Waals surface area contributed by atoms with Crippen LogP contribution in [0.2, 0.25) is 0 Å². The standard InChI is InChI=1S/C15H25NO2/c1-4-5-12-17-14-9-6-7-10-15(14)18-13-8-11-16(2)3/h6-7,9-10H,4-5,8,11-13H2,1-3H3. The predicted octanol–water partition coefficient (Wildman–Crippen LogP) is 3.20. The van der Waals surface area contributed by atoms with Crippen molar-refractivity contribution in [2.75, 3.05) is 33.9 Å². The molecule has 0 aliphatic heterocycles. The second-order valence-corrected chi connectivity index (χ2v) is 4.65. The molecule has 0 aliphatic rings. The van der Waals surface area contributed by atoms with Gasteiger partial charge in [-0.15, -0.1) is 0 Å². The minimum Gasteiger partial charge on any atom is -0.490 e. The van der Waals surface area contributed by atoms with Crippen LogP contribution in [0.4, 0.5) is 0 Å². The van der Waals surface area contributed by atoms with Crippen LogP contribution in [0, 0.1) is 0 Å². The molecule has 1 rings (SSSR count). The highest BCUT2D eigenvalue weighted by Crippen LogP contribution is 2.26. The molecule has 0 aliphatic carbocycles. The Morgan fingerprint density at radius 3 is 2.00 bits per heavy atom. The van der Waals surface area contributed by atoms with Crippen LogP contribution in [0.5, 0.6) is 11.5 Å². The Kier molecular flexibility index (Phi) is 7.26. The lowest BCUT2D eigenvalue weighted by molar-refractivity contribution is 0.251. The molecule has 102 valence electrons. The van der Waals surface area contributed by atoms with Crippen LogP contribution in [0.15, 0.2) is 24.3 Å². The quantitative estimate of drug-likeness (QED) is 0.629. The molecule has 0 saturated heterocycles. The zero-order chi connectivity index (χ0) is 13.2. The van der Waals surface area contributed by atoms with Crippen molar-refractivity contribution in [2.24, 2.45) is 0 Å². The fourth-order valence-electron chi connectivity index (χ4n) is 1.58. The van der Waals surface area contributed by atoms with Crippen LogP contribution in [0.1, 0.15) is 26.2 Å². The average molecular weight is 251 g/mol. The van der Waals surface area contributed by atoms with Crippen molar-refractivity contribution in [1.82, 2.24) is 4.90 Å². The second kappa shape index (κ2) is 8.81. The zero-order valence-electron chi connectivity index (χ0n) is 11.8. The Morgan fingerprint density at radius 1 is 0.944 bits per heavy atom. The van der Waals surface area contributed by atoms with Gasteiger partial charge in [-0.1, -0.05) is 25.5 Å². The van der Waals surface area contributed by atoms with Gasteiger partial charge in [-0.05, 0) is 39.1 Å². The zero-order valence-corrected chi connectivity index (χ0v) is 11.8. The second-order valence-electron chi connectivity index (χ2n) is 4.65. The lowest BCUT2D eigenvalue weighted by atomic mass is 10.3. The van der Waals surface area contributed by atoms with Gasteiger partial charge in [-0.25, -0.2) is 0 Å². The molecule has 3 nitrogen and oxygen atoms in total. The van der Waals surface area contributed by atoms with Crippen LogP contribution in [-0.4, -0.2) is 38.8 Å². The first-order valence-corrected chi connectivity index (χ1v) is 6.73. The van der Waals surface area contributed by atoms with E-state index in [0.717, 1.165) is 50.5 Å². The number of ether oxygens (including phenoxy) is 2. The van der Waals surface area contributed by atoms with Gasteiger partial charge in [0, 0.05) is 6.54 Å². The van der Waals surface area contributed by atoms with E-state index >= 15 is 0 Å². The number of unbranched alkanes of at least 4 members (excludes halogenated alkanes) is 1. The molecule has 0 radical (unpaired) electrons. The van der Waals surface area contributed by atoms with Crippen molar-refractivity contribution in [3.63, 3.8) is 0 Å². The minimum atomic E-state index is 0.729. The van der Waals surface area contributed by atoms with Crippen LogP contribution in [0.25, 0.3) is 0 Å². The third kappa shape index (κ3) is 5.92. The molecule has 1 aromatic carbocycles. The highest BCUT2D eigenvalue weighted by molar-refractivity contribution is 5.39. The topological polar surface area (TPSA) is 21.7 Å². The summed E-state index contributed by atoms with van der Waals surface area (Å²) in [5.74, 6) is 1.71. The summed E-state index contributed by atoms with van der Waals surface area (Å²) in [6, 6.07) is 7.90. The number of hydrogen-bond donors (Lipinski definition) is 0. The maximum atomic E-state index is 5.77. The third-order valence-corrected chi connectivity index (χ3v) is 2.61. The smallest absolute Gasteiger partial charge is 0.161 e. The molecule has 0 amide bonds. The molecule has 1 aromatic rings. The van der Waals surface area contributed by atoms with Crippen molar-refractivity contribution >= 4 is 0 Å². The summed E-state index contributed by atoms with van der Waals surface area (Å²) < 4.78 is 11.5. The third-order valence-electron chi connectivity index (χ3n) is 2.61. The van der Waals surface area contributed by atoms with Crippen molar-refractivity contribution in [2.45, 2.75) is 26.2 Å². The molecule has 0 bridgehead atoms. The summed E-state index contributed by atoms with van der Waals surface area (Å²) in [4.78, 5) is 2.16. The van der Waals surface area contributed by atoms with Gasteiger partial charge in [-0.2, -0.15) is 0 Å². The monoisotopic (exact) mass is 251 g/mol. The fourth-order valence-corrected chi connectivity index (χ4v) is 1.58. The van der Waals surface area contributed by atoms with Gasteiger partial charge in [0.1, 0.15) is 0 Å². The fraction of sp³-hybridized carbons (Fsp3) is 0.600. The van der Waals surface area contributed by atoms with E-state index < -0.39 is 0 Å². The highest BCUT2D eigenvalue weighted by atomic mass is 16.5. The van der Waals surface area contributed by atoms with Gasteiger partial charge in [-0.3, -0.25) is 0 Å². The number of hydrogen-bond acceptors (Lipinski definition) is 3. The van der Waals surface area contributed by atoms with E-state index in [-0.39, 0.29) is 0 Å². The van der Waals surface area contributed by atoms with Gasteiger partial charge in [0.15, 0.2) is 11.5 Å². The summed E-state index contributed by atoms with van der Waals surface area (Å²) in [5, 5.41) is 0. The number of benzene rings is 1. The number of para-hydroxylation sites is 2. The molecular weight excluding hydrogens is 226 g/mol. The molecule has 0 saturated carbocycles. The van der Waals surface area contributed by atoms with Gasteiger partial charge in [0.25, 0.3) is 0 Å².